The van der Waals surface area contributed by atoms with Gasteiger partial charge < -0.3 is 20.3 Å². The lowest BCUT2D eigenvalue weighted by Crippen LogP contribution is -2.38. The average Bonchev–Trinajstić information content (AvgIpc) is 2.52. The molecule has 28 heavy (non-hydrogen) atoms. The Hall–Kier alpha value is -2.13. The molecule has 2 aromatic carbocycles. The number of β-amino-alcohol motifs (C(OH)–C–C–N with tert-alkyl or cyclic N) is 1. The Kier molecular flexibility index (Phi) is 8.44. The lowest BCUT2D eigenvalue weighted by atomic mass is 10.1. The van der Waals surface area contributed by atoms with Gasteiger partial charge in [-0.3, -0.25) is 4.55 Å². The number of aliphatic hydroxyl groups is 1. The van der Waals surface area contributed by atoms with Gasteiger partial charge >= 0.3 is 0 Å². The molecule has 2 rings (SSSR count). The van der Waals surface area contributed by atoms with Crippen molar-refractivity contribution in [2.45, 2.75) is 39.3 Å². The van der Waals surface area contributed by atoms with Gasteiger partial charge in [-0.25, -0.2) is 0 Å². The Bertz CT molecular complexity index is 867. The molecule has 0 fully saturated rings. The summed E-state index contributed by atoms with van der Waals surface area (Å²) in [5.41, 5.74) is 1.66. The van der Waals surface area contributed by atoms with Crippen molar-refractivity contribution in [2.24, 2.45) is 0 Å². The van der Waals surface area contributed by atoms with Gasteiger partial charge in [0.05, 0.1) is 12.4 Å². The summed E-state index contributed by atoms with van der Waals surface area (Å²) in [4.78, 5) is 0. The Morgan fingerprint density at radius 1 is 1.14 bits per heavy atom. The van der Waals surface area contributed by atoms with Crippen LogP contribution in [-0.4, -0.2) is 41.5 Å². The van der Waals surface area contributed by atoms with Crippen LogP contribution in [0.4, 0.5) is 0 Å². The number of aromatic hydroxyl groups is 1. The van der Waals surface area contributed by atoms with E-state index in [1.165, 1.54) is 0 Å². The minimum atomic E-state index is -3.67. The summed E-state index contributed by atoms with van der Waals surface area (Å²) in [5, 5.41) is 23.6. The molecule has 0 bridgehead atoms. The van der Waals surface area contributed by atoms with Crippen molar-refractivity contribution < 1.29 is 27.9 Å². The van der Waals surface area contributed by atoms with Crippen LogP contribution in [0.1, 0.15) is 38.0 Å². The average molecular weight is 412 g/mol. The highest BCUT2D eigenvalue weighted by molar-refractivity contribution is 7.85. The van der Waals surface area contributed by atoms with E-state index in [2.05, 4.69) is 5.32 Å². The molecule has 0 spiro atoms. The summed E-state index contributed by atoms with van der Waals surface area (Å²) in [6.45, 7) is 8.51. The van der Waals surface area contributed by atoms with Gasteiger partial charge in [0, 0.05) is 12.1 Å². The van der Waals surface area contributed by atoms with Crippen LogP contribution >= 0.6 is 0 Å². The first-order valence-corrected chi connectivity index (χ1v) is 10.5. The molecule has 0 aromatic heterocycles. The second-order valence-corrected chi connectivity index (χ2v) is 8.99. The zero-order chi connectivity index (χ0) is 21.5. The largest absolute Gasteiger partial charge is 0.504 e. The maximum atomic E-state index is 10.2. The van der Waals surface area contributed by atoms with Crippen molar-refractivity contribution in [3.63, 3.8) is 0 Å². The molecule has 0 saturated carbocycles. The Morgan fingerprint density at radius 3 is 2.25 bits per heavy atom. The Balaban J connectivity index is 0.000000696. The normalized spacial score (nSPS) is 12.7. The molecular weight excluding hydrogens is 382 g/mol. The first kappa shape index (κ1) is 23.9. The summed E-state index contributed by atoms with van der Waals surface area (Å²) in [6, 6.07) is 12.6. The van der Waals surface area contributed by atoms with E-state index in [4.69, 9.17) is 9.29 Å². The fourth-order valence-corrected chi connectivity index (χ4v) is 2.15. The molecule has 2 aromatic rings. The summed E-state index contributed by atoms with van der Waals surface area (Å²) >= 11 is 0. The minimum Gasteiger partial charge on any atom is -0.504 e. The fourth-order valence-electron chi connectivity index (χ4n) is 2.15. The van der Waals surface area contributed by atoms with Gasteiger partial charge in [-0.1, -0.05) is 18.2 Å². The van der Waals surface area contributed by atoms with Crippen LogP contribution in [0.5, 0.6) is 17.2 Å². The van der Waals surface area contributed by atoms with E-state index in [0.29, 0.717) is 29.9 Å². The number of phenolic OH excluding ortho intramolecular Hbond substituents is 1. The van der Waals surface area contributed by atoms with Gasteiger partial charge in [-0.2, -0.15) is 8.42 Å². The second kappa shape index (κ2) is 9.88. The fraction of sp³-hybridized carbons (Fsp3) is 0.400. The van der Waals surface area contributed by atoms with Crippen LogP contribution in [0.15, 0.2) is 42.5 Å². The molecule has 4 N–H and O–H groups in total. The third-order valence-electron chi connectivity index (χ3n) is 3.41. The van der Waals surface area contributed by atoms with Crippen LogP contribution in [0, 0.1) is 6.92 Å². The molecule has 7 nitrogen and oxygen atoms in total. The molecule has 0 saturated heterocycles. The monoisotopic (exact) mass is 411 g/mol. The third-order valence-corrected chi connectivity index (χ3v) is 3.41. The van der Waals surface area contributed by atoms with Crippen LogP contribution in [0.25, 0.3) is 0 Å². The van der Waals surface area contributed by atoms with E-state index in [1.807, 2.05) is 52.0 Å². The van der Waals surface area contributed by atoms with Crippen molar-refractivity contribution >= 4 is 10.1 Å². The van der Waals surface area contributed by atoms with E-state index in [9.17, 15) is 18.6 Å². The first-order valence-electron chi connectivity index (χ1n) is 8.67. The first-order chi connectivity index (χ1) is 12.7. The van der Waals surface area contributed by atoms with Gasteiger partial charge in [0.2, 0.25) is 0 Å². The van der Waals surface area contributed by atoms with E-state index in [0.717, 1.165) is 5.56 Å². The molecule has 8 heteroatoms. The number of ether oxygens (including phenoxy) is 1. The van der Waals surface area contributed by atoms with Gasteiger partial charge in [-0.15, -0.1) is 0 Å². The highest BCUT2D eigenvalue weighted by Gasteiger charge is 2.15. The molecular formula is C20H29NO6S. The number of phenols is 1. The quantitative estimate of drug-likeness (QED) is 0.557. The minimum absolute atomic E-state index is 0.0128. The van der Waals surface area contributed by atoms with Crippen molar-refractivity contribution in [1.29, 1.82) is 0 Å². The standard InChI is InChI=1S/C19H25NO3.CH4O3S/c1-13-6-5-7-15(10-13)23-18-9-8-14(11-16(18)21)17(22)12-20-19(2,3)4;1-5(2,3)4/h5-11,17,20-22H,12H2,1-4H3;1H3,(H,2,3,4). The van der Waals surface area contributed by atoms with Gasteiger partial charge in [-0.05, 0) is 63.1 Å². The predicted molar refractivity (Wildman–Crippen MR) is 110 cm³/mol. The second-order valence-electron chi connectivity index (χ2n) is 7.53. The zero-order valence-electron chi connectivity index (χ0n) is 16.8. The van der Waals surface area contributed by atoms with Crippen LogP contribution in [-0.2, 0) is 10.1 Å². The Labute approximate surface area is 166 Å². The van der Waals surface area contributed by atoms with Crippen LogP contribution in [0.3, 0.4) is 0 Å². The molecule has 1 unspecified atom stereocenters. The van der Waals surface area contributed by atoms with Crippen molar-refractivity contribution in [3.8, 4) is 17.2 Å². The van der Waals surface area contributed by atoms with Crippen molar-refractivity contribution in [3.05, 3.63) is 53.6 Å². The molecule has 0 aliphatic carbocycles. The Morgan fingerprint density at radius 2 is 1.75 bits per heavy atom. The summed E-state index contributed by atoms with van der Waals surface area (Å²) in [7, 11) is -3.67. The molecule has 0 aliphatic heterocycles. The van der Waals surface area contributed by atoms with Crippen LogP contribution < -0.4 is 10.1 Å². The molecule has 156 valence electrons. The number of rotatable bonds is 5. The van der Waals surface area contributed by atoms with Gasteiger partial charge in [0.1, 0.15) is 5.75 Å². The maximum Gasteiger partial charge on any atom is 0.261 e. The lowest BCUT2D eigenvalue weighted by molar-refractivity contribution is 0.163. The molecule has 0 radical (unpaired) electrons. The summed E-state index contributed by atoms with van der Waals surface area (Å²) in [5.74, 6) is 1.05. The summed E-state index contributed by atoms with van der Waals surface area (Å²) in [6.07, 6.45) is 0.0284. The van der Waals surface area contributed by atoms with Gasteiger partial charge in [0.25, 0.3) is 10.1 Å². The predicted octanol–water partition coefficient (Wildman–Crippen LogP) is 3.42. The van der Waals surface area contributed by atoms with Crippen molar-refractivity contribution in [1.82, 2.24) is 5.32 Å². The van der Waals surface area contributed by atoms with E-state index in [-0.39, 0.29) is 11.3 Å². The van der Waals surface area contributed by atoms with Crippen molar-refractivity contribution in [2.75, 3.05) is 12.8 Å². The highest BCUT2D eigenvalue weighted by atomic mass is 32.2. The summed E-state index contributed by atoms with van der Waals surface area (Å²) < 4.78 is 31.6. The molecule has 1 atom stereocenters. The highest BCUT2D eigenvalue weighted by Crippen LogP contribution is 2.33. The number of hydrogen-bond acceptors (Lipinski definition) is 6. The number of benzene rings is 2. The van der Waals surface area contributed by atoms with E-state index in [1.54, 1.807) is 18.2 Å². The molecule has 0 amide bonds. The topological polar surface area (TPSA) is 116 Å². The zero-order valence-corrected chi connectivity index (χ0v) is 17.6. The number of nitrogens with one attached hydrogen (secondary N) is 1. The third kappa shape index (κ3) is 10.3. The van der Waals surface area contributed by atoms with E-state index >= 15 is 0 Å². The molecule has 0 heterocycles. The maximum absolute atomic E-state index is 10.2. The van der Waals surface area contributed by atoms with Crippen LogP contribution in [0.2, 0.25) is 0 Å². The van der Waals surface area contributed by atoms with Gasteiger partial charge in [0.15, 0.2) is 11.5 Å². The number of aliphatic hydroxyl groups excluding tert-OH is 1. The lowest BCUT2D eigenvalue weighted by Gasteiger charge is -2.23. The van der Waals surface area contributed by atoms with E-state index < -0.39 is 16.2 Å². The number of aryl methyl sites for hydroxylation is 1. The molecule has 0 aliphatic rings. The SMILES string of the molecule is CS(=O)(=O)O.Cc1cccc(Oc2ccc(C(O)CNC(C)(C)C)cc2O)c1. The smallest absolute Gasteiger partial charge is 0.261 e. The number of hydrogen-bond donors (Lipinski definition) is 4.